The molecular formula is C28H28Cl2F2N2O4. The zero-order valence-electron chi connectivity index (χ0n) is 20.9. The normalized spacial score (nSPS) is 14.6. The van der Waals surface area contributed by atoms with Crippen LogP contribution in [0.5, 0.6) is 5.75 Å². The highest BCUT2D eigenvalue weighted by Crippen LogP contribution is 2.34. The van der Waals surface area contributed by atoms with E-state index < -0.39 is 12.1 Å². The Kier molecular flexibility index (Phi) is 8.33. The largest absolute Gasteiger partial charge is 0.481 e. The Morgan fingerprint density at radius 1 is 1.21 bits per heavy atom. The molecule has 1 N–H and O–H groups in total. The van der Waals surface area contributed by atoms with Crippen molar-refractivity contribution in [1.29, 1.82) is 0 Å². The third-order valence-electron chi connectivity index (χ3n) is 6.93. The maximum Gasteiger partial charge on any atom is 0.419 e. The van der Waals surface area contributed by atoms with Crippen LogP contribution < -0.4 is 4.74 Å². The minimum absolute atomic E-state index is 0.0213. The van der Waals surface area contributed by atoms with E-state index in [4.69, 9.17) is 33.0 Å². The number of aromatic nitrogens is 1. The van der Waals surface area contributed by atoms with E-state index in [1.54, 1.807) is 36.2 Å². The van der Waals surface area contributed by atoms with Gasteiger partial charge < -0.3 is 19.3 Å². The van der Waals surface area contributed by atoms with Gasteiger partial charge in [-0.05, 0) is 68.0 Å². The van der Waals surface area contributed by atoms with Crippen molar-refractivity contribution >= 4 is 46.0 Å². The summed E-state index contributed by atoms with van der Waals surface area (Å²) in [6.07, 6.45) is 0.997. The van der Waals surface area contributed by atoms with Crippen LogP contribution in [-0.4, -0.2) is 45.6 Å². The molecule has 3 aromatic rings. The van der Waals surface area contributed by atoms with Gasteiger partial charge in [0, 0.05) is 47.8 Å². The van der Waals surface area contributed by atoms with Gasteiger partial charge in [-0.2, -0.15) is 8.78 Å². The van der Waals surface area contributed by atoms with Gasteiger partial charge in [0.2, 0.25) is 0 Å². The Hall–Kier alpha value is -3.10. The number of carbonyl (C=O) groups is 2. The molecule has 2 heterocycles. The van der Waals surface area contributed by atoms with Crippen LogP contribution in [0.1, 0.15) is 47.2 Å². The topological polar surface area (TPSA) is 71.8 Å². The van der Waals surface area contributed by atoms with Gasteiger partial charge in [0.15, 0.2) is 0 Å². The van der Waals surface area contributed by atoms with E-state index in [1.165, 1.54) is 12.1 Å². The second-order valence-electron chi connectivity index (χ2n) is 9.55. The smallest absolute Gasteiger partial charge is 0.419 e. The van der Waals surface area contributed by atoms with Crippen LogP contribution in [0, 0.1) is 12.8 Å². The number of amides is 1. The maximum absolute atomic E-state index is 13.6. The number of aliphatic carboxylic acids is 1. The first-order chi connectivity index (χ1) is 18.0. The molecule has 0 bridgehead atoms. The molecule has 1 saturated heterocycles. The number of aryl methyl sites for hydroxylation is 1. The minimum atomic E-state index is -3.48. The van der Waals surface area contributed by atoms with Gasteiger partial charge >= 0.3 is 12.1 Å². The van der Waals surface area contributed by atoms with Crippen LogP contribution in [0.25, 0.3) is 10.9 Å². The van der Waals surface area contributed by atoms with Crippen LogP contribution in [-0.2, 0) is 11.3 Å². The molecule has 4 rings (SSSR count). The number of likely N-dealkylation sites (tertiary alicyclic amines) is 1. The van der Waals surface area contributed by atoms with E-state index in [1.807, 2.05) is 4.57 Å². The van der Waals surface area contributed by atoms with Gasteiger partial charge in [-0.25, -0.2) is 0 Å². The number of hydrogen-bond donors (Lipinski definition) is 1. The van der Waals surface area contributed by atoms with Crippen molar-refractivity contribution in [3.05, 3.63) is 75.9 Å². The number of benzene rings is 2. The Morgan fingerprint density at radius 2 is 1.92 bits per heavy atom. The molecule has 202 valence electrons. The standard InChI is InChI=1S/C28H28Cl2F2N2O4/c1-3-28(31,32)38-20-14-17(2)26-19(15-20)10-13-34(26)16-22-23(29)6-5-21(25(22)30)27(37)33-11-8-18(9-12-33)4-7-24(35)36/h3,5-6,10,13-15,18H,1,4,7-9,11-12,16H2,2H3,(H,35,36). The van der Waals surface area contributed by atoms with Crippen molar-refractivity contribution in [2.24, 2.45) is 5.92 Å². The number of ether oxygens (including phenoxy) is 1. The molecule has 0 spiro atoms. The van der Waals surface area contributed by atoms with Crippen molar-refractivity contribution in [3.63, 3.8) is 0 Å². The van der Waals surface area contributed by atoms with E-state index in [-0.39, 0.29) is 35.6 Å². The first-order valence-corrected chi connectivity index (χ1v) is 13.0. The van der Waals surface area contributed by atoms with Crippen molar-refractivity contribution in [2.45, 2.75) is 45.3 Å². The zero-order valence-corrected chi connectivity index (χ0v) is 22.4. The first kappa shape index (κ1) is 27.9. The summed E-state index contributed by atoms with van der Waals surface area (Å²) in [7, 11) is 0. The van der Waals surface area contributed by atoms with Crippen molar-refractivity contribution < 1.29 is 28.2 Å². The summed E-state index contributed by atoms with van der Waals surface area (Å²) in [5.41, 5.74) is 2.44. The molecule has 2 aromatic carbocycles. The lowest BCUT2D eigenvalue weighted by molar-refractivity contribution is -0.137. The second-order valence-corrected chi connectivity index (χ2v) is 10.3. The van der Waals surface area contributed by atoms with Crippen LogP contribution >= 0.6 is 23.2 Å². The molecule has 0 unspecified atom stereocenters. The quantitative estimate of drug-likeness (QED) is 0.279. The molecule has 1 amide bonds. The molecule has 0 radical (unpaired) electrons. The lowest BCUT2D eigenvalue weighted by atomic mass is 9.92. The first-order valence-electron chi connectivity index (χ1n) is 12.3. The third kappa shape index (κ3) is 6.13. The predicted molar refractivity (Wildman–Crippen MR) is 144 cm³/mol. The summed E-state index contributed by atoms with van der Waals surface area (Å²) in [6.45, 7) is 6.23. The van der Waals surface area contributed by atoms with Gasteiger partial charge in [-0.3, -0.25) is 9.59 Å². The molecule has 1 fully saturated rings. The number of piperidine rings is 1. The lowest BCUT2D eigenvalue weighted by Crippen LogP contribution is -2.38. The number of carboxylic acid groups (broad SMARTS) is 1. The molecule has 1 aliphatic heterocycles. The fraction of sp³-hybridized carbons (Fsp3) is 0.357. The Bertz CT molecular complexity index is 1380. The van der Waals surface area contributed by atoms with Crippen molar-refractivity contribution in [2.75, 3.05) is 13.1 Å². The summed E-state index contributed by atoms with van der Waals surface area (Å²) in [6, 6.07) is 8.11. The molecule has 1 aliphatic rings. The summed E-state index contributed by atoms with van der Waals surface area (Å²) in [5, 5.41) is 10.3. The number of rotatable bonds is 9. The lowest BCUT2D eigenvalue weighted by Gasteiger charge is -2.32. The molecule has 10 heteroatoms. The fourth-order valence-corrected chi connectivity index (χ4v) is 5.50. The van der Waals surface area contributed by atoms with Crippen LogP contribution in [0.15, 0.2) is 49.2 Å². The molecular weight excluding hydrogens is 537 g/mol. The number of halogens is 4. The molecule has 1 aromatic heterocycles. The number of nitrogens with zero attached hydrogens (tertiary/aromatic N) is 2. The zero-order chi connectivity index (χ0) is 27.6. The highest BCUT2D eigenvalue weighted by molar-refractivity contribution is 6.38. The van der Waals surface area contributed by atoms with Gasteiger partial charge in [-0.1, -0.05) is 29.8 Å². The number of hydrogen-bond acceptors (Lipinski definition) is 3. The molecule has 0 aliphatic carbocycles. The summed E-state index contributed by atoms with van der Waals surface area (Å²) >= 11 is 13.2. The van der Waals surface area contributed by atoms with Crippen LogP contribution in [0.3, 0.4) is 0 Å². The Morgan fingerprint density at radius 3 is 2.58 bits per heavy atom. The number of carboxylic acids is 1. The van der Waals surface area contributed by atoms with E-state index in [0.29, 0.717) is 52.7 Å². The maximum atomic E-state index is 13.6. The van der Waals surface area contributed by atoms with E-state index >= 15 is 0 Å². The van der Waals surface area contributed by atoms with E-state index in [0.717, 1.165) is 18.4 Å². The Balaban J connectivity index is 1.55. The van der Waals surface area contributed by atoms with Crippen molar-refractivity contribution in [3.8, 4) is 5.75 Å². The Labute approximate surface area is 229 Å². The van der Waals surface area contributed by atoms with E-state index in [9.17, 15) is 18.4 Å². The molecule has 0 saturated carbocycles. The summed E-state index contributed by atoms with van der Waals surface area (Å²) in [4.78, 5) is 25.9. The monoisotopic (exact) mass is 564 g/mol. The summed E-state index contributed by atoms with van der Waals surface area (Å²) in [5.74, 6) is -0.695. The van der Waals surface area contributed by atoms with E-state index in [2.05, 4.69) is 6.58 Å². The SMILES string of the molecule is C=CC(F)(F)Oc1cc(C)c2c(ccn2Cc2c(Cl)ccc(C(=O)N3CCC(CCC(=O)O)CC3)c2Cl)c1. The average molecular weight is 565 g/mol. The summed E-state index contributed by atoms with van der Waals surface area (Å²) < 4.78 is 34.0. The van der Waals surface area contributed by atoms with Gasteiger partial charge in [0.25, 0.3) is 5.91 Å². The third-order valence-corrected chi connectivity index (χ3v) is 7.72. The van der Waals surface area contributed by atoms with Crippen LogP contribution in [0.2, 0.25) is 10.0 Å². The fourth-order valence-electron chi connectivity index (χ4n) is 4.93. The molecule has 38 heavy (non-hydrogen) atoms. The number of alkyl halides is 2. The van der Waals surface area contributed by atoms with Gasteiger partial charge in [0.05, 0.1) is 22.6 Å². The van der Waals surface area contributed by atoms with Gasteiger partial charge in [-0.15, -0.1) is 0 Å². The van der Waals surface area contributed by atoms with Gasteiger partial charge in [0.1, 0.15) is 5.75 Å². The molecule has 0 atom stereocenters. The number of fused-ring (bicyclic) bond motifs is 1. The van der Waals surface area contributed by atoms with Crippen LogP contribution in [0.4, 0.5) is 8.78 Å². The highest BCUT2D eigenvalue weighted by Gasteiger charge is 2.28. The predicted octanol–water partition coefficient (Wildman–Crippen LogP) is 7.18. The highest BCUT2D eigenvalue weighted by atomic mass is 35.5. The molecule has 6 nitrogen and oxygen atoms in total. The average Bonchev–Trinajstić information content (AvgIpc) is 3.28. The minimum Gasteiger partial charge on any atom is -0.481 e. The van der Waals surface area contributed by atoms with Crippen molar-refractivity contribution in [1.82, 2.24) is 9.47 Å². The second kappa shape index (κ2) is 11.3. The number of carbonyl (C=O) groups excluding carboxylic acids is 1.